The Morgan fingerprint density at radius 3 is 1.74 bits per heavy atom. The van der Waals surface area contributed by atoms with Crippen molar-refractivity contribution in [2.45, 2.75) is 108 Å². The van der Waals surface area contributed by atoms with Gasteiger partial charge in [-0.15, -0.1) is 24.8 Å². The van der Waals surface area contributed by atoms with Crippen molar-refractivity contribution in [3.8, 4) is 0 Å². The third kappa shape index (κ3) is 6.88. The minimum atomic E-state index is -0.0795. The smallest absolute Gasteiger partial charge is 0.147 e. The summed E-state index contributed by atoms with van der Waals surface area (Å²) in [6.45, 7) is 2.52. The van der Waals surface area contributed by atoms with Gasteiger partial charge in [0.25, 0.3) is 0 Å². The van der Waals surface area contributed by atoms with Crippen LogP contribution in [0.4, 0.5) is 0 Å². The Labute approximate surface area is 214 Å². The van der Waals surface area contributed by atoms with Crippen molar-refractivity contribution < 1.29 is 19.2 Å². The van der Waals surface area contributed by atoms with Crippen molar-refractivity contribution in [3.05, 3.63) is 21.1 Å². The molecule has 0 aliphatic heterocycles. The molecule has 0 saturated heterocycles. The van der Waals surface area contributed by atoms with Gasteiger partial charge in [-0.25, -0.2) is 0 Å². The molecule has 0 bridgehead atoms. The largest absolute Gasteiger partial charge is 0.147 e. The second-order valence-electron chi connectivity index (χ2n) is 10.8. The third-order valence-electron chi connectivity index (χ3n) is 8.65. The molecular formula is C27H47Cl2NTi. The van der Waals surface area contributed by atoms with Gasteiger partial charge in [0.05, 0.1) is 0 Å². The van der Waals surface area contributed by atoms with Gasteiger partial charge in [-0.1, -0.05) is 0 Å². The van der Waals surface area contributed by atoms with E-state index in [1.54, 1.807) is 0 Å². The van der Waals surface area contributed by atoms with Gasteiger partial charge in [-0.3, -0.25) is 0 Å². The fourth-order valence-electron chi connectivity index (χ4n) is 6.71. The molecule has 0 aromatic heterocycles. The molecular weight excluding hydrogens is 457 g/mol. The Hall–Kier alpha value is 0.734. The number of rotatable bonds is 6. The van der Waals surface area contributed by atoms with Crippen LogP contribution in [0.15, 0.2) is 21.1 Å². The van der Waals surface area contributed by atoms with Gasteiger partial charge in [-0.05, 0) is 0 Å². The zero-order valence-corrected chi connectivity index (χ0v) is 23.5. The van der Waals surface area contributed by atoms with Crippen LogP contribution in [0.25, 0.3) is 0 Å². The summed E-state index contributed by atoms with van der Waals surface area (Å²) in [5.41, 5.74) is 3.90. The molecule has 0 radical (unpaired) electrons. The summed E-state index contributed by atoms with van der Waals surface area (Å²) in [5.74, 6) is 3.63. The molecule has 4 aliphatic rings. The first kappa shape index (κ1) is 28.0. The molecule has 4 heteroatoms. The first-order valence-electron chi connectivity index (χ1n) is 13.0. The van der Waals surface area contributed by atoms with E-state index in [1.807, 2.05) is 15.0 Å². The number of nitrogens with zero attached hydrogens (tertiary/aromatic N) is 1. The Bertz CT molecular complexity index is 596. The molecule has 0 spiro atoms. The molecule has 31 heavy (non-hydrogen) atoms. The molecule has 0 amide bonds. The third-order valence-corrected chi connectivity index (χ3v) is 11.5. The van der Waals surface area contributed by atoms with E-state index in [1.165, 1.54) is 96.3 Å². The molecule has 3 saturated carbocycles. The topological polar surface area (TPSA) is 3.24 Å². The minimum absolute atomic E-state index is 0. The van der Waals surface area contributed by atoms with Crippen LogP contribution < -0.4 is 0 Å². The number of allylic oxidation sites excluding steroid dienone is 4. The summed E-state index contributed by atoms with van der Waals surface area (Å²) in [4.78, 5) is 2.52. The van der Waals surface area contributed by atoms with E-state index in [9.17, 15) is 0 Å². The monoisotopic (exact) mass is 503 g/mol. The molecule has 0 heterocycles. The zero-order valence-electron chi connectivity index (χ0n) is 20.3. The van der Waals surface area contributed by atoms with Gasteiger partial charge in [0.1, 0.15) is 0 Å². The SMILES string of the molecule is C[CH]([Ti][C]1=C(C2CCCCC2)C(C2CCCCC2)=CC1C1CCCCC1)N(C)C.Cl.Cl. The van der Waals surface area contributed by atoms with E-state index >= 15 is 0 Å². The van der Waals surface area contributed by atoms with Crippen molar-refractivity contribution in [2.24, 2.45) is 23.7 Å². The summed E-state index contributed by atoms with van der Waals surface area (Å²) >= 11 is -0.0795. The first-order chi connectivity index (χ1) is 14.1. The maximum Gasteiger partial charge on any atom is -0.147 e. The van der Waals surface area contributed by atoms with E-state index in [0.717, 1.165) is 28.0 Å². The summed E-state index contributed by atoms with van der Waals surface area (Å²) in [7, 11) is 4.63. The molecule has 3 fully saturated rings. The summed E-state index contributed by atoms with van der Waals surface area (Å²) in [6.07, 6.45) is 25.2. The van der Waals surface area contributed by atoms with Gasteiger partial charge < -0.3 is 0 Å². The predicted molar refractivity (Wildman–Crippen MR) is 136 cm³/mol. The molecule has 4 aliphatic carbocycles. The summed E-state index contributed by atoms with van der Waals surface area (Å²) in [5, 5.41) is 0. The quantitative estimate of drug-likeness (QED) is 0.329. The fraction of sp³-hybridized carbons (Fsp3) is 0.852. The van der Waals surface area contributed by atoms with E-state index in [0.29, 0.717) is 0 Å². The second-order valence-corrected chi connectivity index (χ2v) is 13.4. The Morgan fingerprint density at radius 2 is 1.23 bits per heavy atom. The molecule has 2 unspecified atom stereocenters. The fourth-order valence-corrected chi connectivity index (χ4v) is 9.40. The second kappa shape index (κ2) is 13.6. The average Bonchev–Trinajstić information content (AvgIpc) is 3.14. The number of halogens is 2. The Morgan fingerprint density at radius 1 is 0.742 bits per heavy atom. The van der Waals surface area contributed by atoms with E-state index in [2.05, 4.69) is 32.0 Å². The van der Waals surface area contributed by atoms with Crippen LogP contribution in [0.2, 0.25) is 0 Å². The zero-order chi connectivity index (χ0) is 20.2. The molecule has 4 rings (SSSR count). The molecule has 1 nitrogen and oxygen atoms in total. The van der Waals surface area contributed by atoms with E-state index in [4.69, 9.17) is 0 Å². The van der Waals surface area contributed by atoms with Crippen molar-refractivity contribution in [3.63, 3.8) is 0 Å². The van der Waals surface area contributed by atoms with Crippen molar-refractivity contribution in [2.75, 3.05) is 14.1 Å². The minimum Gasteiger partial charge on any atom is -0.147 e. The summed E-state index contributed by atoms with van der Waals surface area (Å²) < 4.78 is 2.83. The molecule has 0 N–H and O–H groups in total. The summed E-state index contributed by atoms with van der Waals surface area (Å²) in [6, 6.07) is 0. The van der Waals surface area contributed by atoms with Crippen molar-refractivity contribution in [1.82, 2.24) is 4.90 Å². The average molecular weight is 504 g/mol. The molecule has 2 atom stereocenters. The number of hydrogen-bond acceptors (Lipinski definition) is 1. The van der Waals surface area contributed by atoms with Gasteiger partial charge in [-0.2, -0.15) is 0 Å². The molecule has 0 aromatic rings. The maximum absolute atomic E-state index is 2.91. The van der Waals surface area contributed by atoms with Crippen LogP contribution in [0, 0.1) is 23.7 Å². The van der Waals surface area contributed by atoms with Crippen molar-refractivity contribution >= 4 is 24.8 Å². The molecule has 0 aromatic carbocycles. The molecule has 178 valence electrons. The van der Waals surface area contributed by atoms with Gasteiger partial charge in [0.15, 0.2) is 0 Å². The van der Waals surface area contributed by atoms with Gasteiger partial charge in [0.2, 0.25) is 0 Å². The maximum atomic E-state index is 2.91. The van der Waals surface area contributed by atoms with Crippen LogP contribution in [0.1, 0.15) is 103 Å². The van der Waals surface area contributed by atoms with Crippen LogP contribution in [0.3, 0.4) is 0 Å². The first-order valence-corrected chi connectivity index (χ1v) is 14.7. The Balaban J connectivity index is 0.00000171. The van der Waals surface area contributed by atoms with Crippen LogP contribution >= 0.6 is 24.8 Å². The normalized spacial score (nSPS) is 27.5. The van der Waals surface area contributed by atoms with Crippen LogP contribution in [-0.2, 0) is 19.2 Å². The van der Waals surface area contributed by atoms with Crippen molar-refractivity contribution in [1.29, 1.82) is 0 Å². The standard InChI is InChI=1S/C23H35.C4H10N.2ClH.Ti/c1-4-10-18(11-5-1)21-16-22(19-12-6-2-7-13-19)23(17-21)20-14-8-3-9-15-20;1-4-5(2)3;;;/h16,18-21H,1-15H2;4H,1-3H3;2*1H;. The van der Waals surface area contributed by atoms with Gasteiger partial charge >= 0.3 is 191 Å². The van der Waals surface area contributed by atoms with E-state index in [-0.39, 0.29) is 44.0 Å². The van der Waals surface area contributed by atoms with Crippen LogP contribution in [-0.4, -0.2) is 23.3 Å². The van der Waals surface area contributed by atoms with Gasteiger partial charge in [0, 0.05) is 0 Å². The number of hydrogen-bond donors (Lipinski definition) is 0. The van der Waals surface area contributed by atoms with E-state index < -0.39 is 0 Å². The Kier molecular flexibility index (Phi) is 12.3. The predicted octanol–water partition coefficient (Wildman–Crippen LogP) is 8.37. The van der Waals surface area contributed by atoms with Crippen LogP contribution in [0.5, 0.6) is 0 Å².